The Bertz CT molecular complexity index is 907. The van der Waals surface area contributed by atoms with Crippen molar-refractivity contribution in [2.24, 2.45) is 0 Å². The van der Waals surface area contributed by atoms with Crippen LogP contribution in [0.5, 0.6) is 0 Å². The van der Waals surface area contributed by atoms with Gasteiger partial charge in [0.05, 0.1) is 12.7 Å². The van der Waals surface area contributed by atoms with Gasteiger partial charge in [-0.1, -0.05) is 31.2 Å². The normalized spacial score (nSPS) is 10.9. The molecule has 27 heavy (non-hydrogen) atoms. The second kappa shape index (κ2) is 9.75. The van der Waals surface area contributed by atoms with Crippen molar-refractivity contribution >= 4 is 11.8 Å². The van der Waals surface area contributed by atoms with Gasteiger partial charge in [-0.05, 0) is 41.7 Å². The summed E-state index contributed by atoms with van der Waals surface area (Å²) >= 11 is 0. The molecule has 1 aromatic heterocycles. The summed E-state index contributed by atoms with van der Waals surface area (Å²) in [5, 5.41) is 8.74. The van der Waals surface area contributed by atoms with E-state index in [1.807, 2.05) is 37.1 Å². The summed E-state index contributed by atoms with van der Waals surface area (Å²) in [6, 6.07) is 10.1. The van der Waals surface area contributed by atoms with Gasteiger partial charge in [0, 0.05) is 38.9 Å². The van der Waals surface area contributed by atoms with E-state index in [1.54, 1.807) is 13.2 Å². The van der Waals surface area contributed by atoms with Crippen LogP contribution in [-0.4, -0.2) is 32.3 Å². The van der Waals surface area contributed by atoms with Gasteiger partial charge in [0.2, 0.25) is 0 Å². The van der Waals surface area contributed by atoms with Crippen LogP contribution >= 0.6 is 0 Å². The highest BCUT2D eigenvalue weighted by Gasteiger charge is 2.18. The van der Waals surface area contributed by atoms with Gasteiger partial charge in [-0.15, -0.1) is 0 Å². The Labute approximate surface area is 160 Å². The topological polar surface area (TPSA) is 69.1 Å². The molecule has 1 aromatic carbocycles. The zero-order chi connectivity index (χ0) is 19.8. The molecule has 1 N–H and O–H groups in total. The Morgan fingerprint density at radius 2 is 2.11 bits per heavy atom. The van der Waals surface area contributed by atoms with Crippen molar-refractivity contribution in [1.82, 2.24) is 4.98 Å². The number of rotatable bonds is 8. The van der Waals surface area contributed by atoms with Crippen molar-refractivity contribution in [1.29, 1.82) is 5.26 Å². The number of benzene rings is 1. The molecule has 0 aliphatic heterocycles. The Morgan fingerprint density at radius 1 is 1.33 bits per heavy atom. The lowest BCUT2D eigenvalue weighted by Gasteiger charge is -2.24. The maximum Gasteiger partial charge on any atom is 0.271 e. The quantitative estimate of drug-likeness (QED) is 0.728. The lowest BCUT2D eigenvalue weighted by atomic mass is 9.95. The number of nitrogens with one attached hydrogen (secondary N) is 1. The van der Waals surface area contributed by atoms with Crippen molar-refractivity contribution in [3.63, 3.8) is 0 Å². The Hall–Kier alpha value is -2.84. The predicted molar refractivity (Wildman–Crippen MR) is 110 cm³/mol. The van der Waals surface area contributed by atoms with Gasteiger partial charge in [0.1, 0.15) is 5.69 Å². The van der Waals surface area contributed by atoms with E-state index in [4.69, 9.17) is 10.00 Å². The van der Waals surface area contributed by atoms with Crippen molar-refractivity contribution in [3.8, 4) is 6.07 Å². The van der Waals surface area contributed by atoms with Crippen LogP contribution in [0, 0.1) is 18.3 Å². The van der Waals surface area contributed by atoms with Gasteiger partial charge in [0.15, 0.2) is 0 Å². The molecule has 0 saturated carbocycles. The Kier molecular flexibility index (Phi) is 7.39. The summed E-state index contributed by atoms with van der Waals surface area (Å²) in [6.07, 6.45) is 4.77. The zero-order valence-corrected chi connectivity index (χ0v) is 16.5. The third-order valence-corrected chi connectivity index (χ3v) is 4.67. The molecular formula is C22H27N3O2. The van der Waals surface area contributed by atoms with Crippen LogP contribution in [0.2, 0.25) is 0 Å². The number of nitriles is 1. The maximum absolute atomic E-state index is 12.7. The first kappa shape index (κ1) is 20.5. The van der Waals surface area contributed by atoms with E-state index >= 15 is 0 Å². The van der Waals surface area contributed by atoms with Gasteiger partial charge in [-0.25, -0.2) is 0 Å². The third-order valence-electron chi connectivity index (χ3n) is 4.67. The van der Waals surface area contributed by atoms with E-state index in [0.717, 1.165) is 28.8 Å². The number of ether oxygens (including phenoxy) is 1. The van der Waals surface area contributed by atoms with Gasteiger partial charge in [-0.3, -0.25) is 4.79 Å². The molecule has 142 valence electrons. The summed E-state index contributed by atoms with van der Waals surface area (Å²) in [5.74, 6) is 0. The first-order chi connectivity index (χ1) is 13.0. The van der Waals surface area contributed by atoms with E-state index in [1.165, 1.54) is 11.6 Å². The van der Waals surface area contributed by atoms with E-state index in [-0.39, 0.29) is 5.56 Å². The van der Waals surface area contributed by atoms with Gasteiger partial charge in [0.25, 0.3) is 5.56 Å². The molecular weight excluding hydrogens is 338 g/mol. The monoisotopic (exact) mass is 365 g/mol. The van der Waals surface area contributed by atoms with Gasteiger partial charge >= 0.3 is 0 Å². The number of aryl methyl sites for hydroxylation is 1. The molecule has 0 spiro atoms. The van der Waals surface area contributed by atoms with Crippen LogP contribution in [0.4, 0.5) is 5.69 Å². The number of H-pyrrole nitrogens is 1. The first-order valence-electron chi connectivity index (χ1n) is 9.11. The number of pyridine rings is 1. The zero-order valence-electron chi connectivity index (χ0n) is 16.5. The molecule has 0 aliphatic carbocycles. The average molecular weight is 365 g/mol. The number of hydrogen-bond donors (Lipinski definition) is 1. The van der Waals surface area contributed by atoms with E-state index in [0.29, 0.717) is 25.3 Å². The summed E-state index contributed by atoms with van der Waals surface area (Å²) in [6.45, 7) is 5.26. The number of anilines is 1. The summed E-state index contributed by atoms with van der Waals surface area (Å²) in [4.78, 5) is 17.7. The fraction of sp³-hybridized carbons (Fsp3) is 0.364. The molecule has 5 nitrogen and oxygen atoms in total. The summed E-state index contributed by atoms with van der Waals surface area (Å²) in [7, 11) is 3.58. The number of methoxy groups -OCH3 is 1. The Morgan fingerprint density at radius 3 is 2.78 bits per heavy atom. The minimum Gasteiger partial charge on any atom is -0.383 e. The summed E-state index contributed by atoms with van der Waals surface area (Å²) < 4.78 is 5.18. The van der Waals surface area contributed by atoms with Crippen LogP contribution in [0.3, 0.4) is 0 Å². The maximum atomic E-state index is 12.7. The van der Waals surface area contributed by atoms with Crippen LogP contribution in [0.25, 0.3) is 6.08 Å². The van der Waals surface area contributed by atoms with Crippen molar-refractivity contribution in [2.45, 2.75) is 26.7 Å². The highest BCUT2D eigenvalue weighted by Crippen LogP contribution is 2.25. The second-order valence-electron chi connectivity index (χ2n) is 6.54. The molecule has 0 saturated heterocycles. The minimum atomic E-state index is -0.0705. The number of likely N-dealkylation sites (N-methyl/N-ethyl adjacent to an activating group) is 1. The van der Waals surface area contributed by atoms with Crippen molar-refractivity contribution < 1.29 is 4.74 Å². The minimum absolute atomic E-state index is 0.0705. The van der Waals surface area contributed by atoms with E-state index < -0.39 is 0 Å². The van der Waals surface area contributed by atoms with Crippen LogP contribution in [-0.2, 0) is 17.6 Å². The smallest absolute Gasteiger partial charge is 0.271 e. The molecule has 0 radical (unpaired) electrons. The average Bonchev–Trinajstić information content (AvgIpc) is 2.65. The SMILES string of the molecule is CCc1c(C)[nH]c(=O)c(N(C)CCOC)c1Cc1cccc(/C=C\C#N)c1. The number of aromatic amines is 1. The largest absolute Gasteiger partial charge is 0.383 e. The highest BCUT2D eigenvalue weighted by molar-refractivity contribution is 5.59. The molecule has 2 rings (SSSR count). The van der Waals surface area contributed by atoms with E-state index in [2.05, 4.69) is 24.0 Å². The highest BCUT2D eigenvalue weighted by atomic mass is 16.5. The molecule has 2 aromatic rings. The molecule has 1 heterocycles. The van der Waals surface area contributed by atoms with Gasteiger partial charge < -0.3 is 14.6 Å². The summed E-state index contributed by atoms with van der Waals surface area (Å²) in [5.41, 5.74) is 5.86. The molecule has 0 amide bonds. The molecule has 0 bridgehead atoms. The van der Waals surface area contributed by atoms with Gasteiger partial charge in [-0.2, -0.15) is 5.26 Å². The number of aromatic nitrogens is 1. The second-order valence-corrected chi connectivity index (χ2v) is 6.54. The van der Waals surface area contributed by atoms with E-state index in [9.17, 15) is 4.79 Å². The van der Waals surface area contributed by atoms with Crippen molar-refractivity contribution in [2.75, 3.05) is 32.2 Å². The number of hydrogen-bond acceptors (Lipinski definition) is 4. The molecule has 0 unspecified atom stereocenters. The molecule has 0 aliphatic rings. The number of allylic oxidation sites excluding steroid dienone is 1. The lowest BCUT2D eigenvalue weighted by Crippen LogP contribution is -2.31. The Balaban J connectivity index is 2.52. The standard InChI is InChI=1S/C22H27N3O2/c1-5-19-16(2)24-22(26)21(25(3)12-13-27-4)20(19)15-18-9-6-8-17(14-18)10-7-11-23/h6-10,14H,5,12-13,15H2,1-4H3,(H,24,26)/b10-7-. The first-order valence-corrected chi connectivity index (χ1v) is 9.11. The fourth-order valence-corrected chi connectivity index (χ4v) is 3.37. The van der Waals surface area contributed by atoms with Crippen LogP contribution < -0.4 is 10.5 Å². The molecule has 0 fully saturated rings. The van der Waals surface area contributed by atoms with Crippen LogP contribution in [0.1, 0.15) is 34.9 Å². The fourth-order valence-electron chi connectivity index (χ4n) is 3.37. The third kappa shape index (κ3) is 5.08. The number of nitrogens with zero attached hydrogens (tertiary/aromatic N) is 2. The lowest BCUT2D eigenvalue weighted by molar-refractivity contribution is 0.206. The molecule has 0 atom stereocenters. The molecule has 5 heteroatoms. The predicted octanol–water partition coefficient (Wildman–Crippen LogP) is 3.46. The van der Waals surface area contributed by atoms with Crippen LogP contribution in [0.15, 0.2) is 35.1 Å². The van der Waals surface area contributed by atoms with Crippen molar-refractivity contribution in [3.05, 3.63) is 68.6 Å².